The molecule has 0 radical (unpaired) electrons. The number of para-hydroxylation sites is 2. The highest BCUT2D eigenvalue weighted by atomic mass is 32.2. The highest BCUT2D eigenvalue weighted by Gasteiger charge is 2.26. The van der Waals surface area contributed by atoms with Crippen LogP contribution in [0.2, 0.25) is 0 Å². The van der Waals surface area contributed by atoms with E-state index in [1.54, 1.807) is 0 Å². The van der Waals surface area contributed by atoms with Crippen LogP contribution in [0.25, 0.3) is 0 Å². The van der Waals surface area contributed by atoms with Crippen LogP contribution in [0.4, 0.5) is 11.4 Å². The number of rotatable bonds is 4. The highest BCUT2D eigenvalue weighted by Crippen LogP contribution is 2.47. The molecule has 0 bridgehead atoms. The summed E-state index contributed by atoms with van der Waals surface area (Å²) in [5, 5.41) is 10.6. The molecule has 0 aromatic heterocycles. The minimum atomic E-state index is -0.944. The molecule has 0 saturated carbocycles. The second kappa shape index (κ2) is 9.33. The Bertz CT molecular complexity index is 842. The molecule has 2 aliphatic heterocycles. The number of benzene rings is 2. The van der Waals surface area contributed by atoms with E-state index in [0.717, 1.165) is 6.54 Å². The van der Waals surface area contributed by atoms with Gasteiger partial charge < -0.3 is 20.2 Å². The van der Waals surface area contributed by atoms with Crippen molar-refractivity contribution in [2.75, 3.05) is 25.5 Å². The van der Waals surface area contributed by atoms with E-state index in [2.05, 4.69) is 84.7 Å². The number of hydrogen-bond acceptors (Lipinski definition) is 5. The highest BCUT2D eigenvalue weighted by molar-refractivity contribution is 7.99. The number of carboxylic acids is 1. The Hall–Kier alpha value is -2.51. The van der Waals surface area contributed by atoms with Crippen molar-refractivity contribution in [3.8, 4) is 0 Å². The van der Waals surface area contributed by atoms with E-state index in [9.17, 15) is 9.59 Å². The van der Waals surface area contributed by atoms with E-state index in [0.29, 0.717) is 18.9 Å². The largest absolute Gasteiger partial charge is 0.480 e. The lowest BCUT2D eigenvalue weighted by Gasteiger charge is -2.36. The van der Waals surface area contributed by atoms with Crippen molar-refractivity contribution in [2.45, 2.75) is 41.6 Å². The summed E-state index contributed by atoms with van der Waals surface area (Å²) in [6.07, 6.45) is 0.769. The molecule has 2 heterocycles. The maximum atomic E-state index is 10.4. The predicted molar refractivity (Wildman–Crippen MR) is 116 cm³/mol. The molecule has 0 spiro atoms. The van der Waals surface area contributed by atoms with Crippen LogP contribution >= 0.6 is 11.8 Å². The summed E-state index contributed by atoms with van der Waals surface area (Å²) in [5.74, 6) is -1.11. The molecule has 2 aliphatic rings. The zero-order valence-electron chi connectivity index (χ0n) is 17.0. The average molecular weight is 414 g/mol. The van der Waals surface area contributed by atoms with Gasteiger partial charge in [0.15, 0.2) is 0 Å². The molecule has 0 aliphatic carbocycles. The Kier molecular flexibility index (Phi) is 6.82. The SMILES string of the molecule is CC(CN1c2ccccc2Sc2ccccc21)N(C)C.O=C1CC[C@@H](C(=O)O)N1. The first kappa shape index (κ1) is 21.2. The summed E-state index contributed by atoms with van der Waals surface area (Å²) in [5.41, 5.74) is 2.65. The van der Waals surface area contributed by atoms with Crippen molar-refractivity contribution < 1.29 is 14.7 Å². The Balaban J connectivity index is 0.000000224. The Morgan fingerprint density at radius 2 is 1.72 bits per heavy atom. The molecule has 2 aromatic rings. The van der Waals surface area contributed by atoms with Crippen molar-refractivity contribution in [3.05, 3.63) is 48.5 Å². The molecular formula is C22H27N3O3S. The van der Waals surface area contributed by atoms with Gasteiger partial charge in [0.2, 0.25) is 5.91 Å². The third-order valence-corrected chi connectivity index (χ3v) is 6.28. The molecule has 4 rings (SSSR count). The summed E-state index contributed by atoms with van der Waals surface area (Å²) in [7, 11) is 4.28. The minimum Gasteiger partial charge on any atom is -0.480 e. The van der Waals surface area contributed by atoms with E-state index in [-0.39, 0.29) is 5.91 Å². The molecule has 1 saturated heterocycles. The van der Waals surface area contributed by atoms with Crippen LogP contribution in [0, 0.1) is 0 Å². The van der Waals surface area contributed by atoms with Gasteiger partial charge in [0, 0.05) is 28.8 Å². The van der Waals surface area contributed by atoms with Gasteiger partial charge in [0.05, 0.1) is 11.4 Å². The number of anilines is 2. The van der Waals surface area contributed by atoms with Crippen molar-refractivity contribution in [1.82, 2.24) is 10.2 Å². The molecule has 2 aromatic carbocycles. The fraction of sp³-hybridized carbons (Fsp3) is 0.364. The number of fused-ring (bicyclic) bond motifs is 2. The normalized spacial score (nSPS) is 18.3. The molecular weight excluding hydrogens is 386 g/mol. The van der Waals surface area contributed by atoms with Gasteiger partial charge in [0.1, 0.15) is 6.04 Å². The Morgan fingerprint density at radius 1 is 1.17 bits per heavy atom. The van der Waals surface area contributed by atoms with Gasteiger partial charge in [-0.05, 0) is 51.7 Å². The topological polar surface area (TPSA) is 72.9 Å². The van der Waals surface area contributed by atoms with Gasteiger partial charge in [-0.25, -0.2) is 4.79 Å². The summed E-state index contributed by atoms with van der Waals surface area (Å²) in [4.78, 5) is 27.9. The van der Waals surface area contributed by atoms with Crippen LogP contribution in [-0.4, -0.2) is 54.6 Å². The van der Waals surface area contributed by atoms with Crippen molar-refractivity contribution in [1.29, 1.82) is 0 Å². The van der Waals surface area contributed by atoms with E-state index in [1.807, 2.05) is 11.8 Å². The molecule has 1 fully saturated rings. The Morgan fingerprint density at radius 3 is 2.14 bits per heavy atom. The van der Waals surface area contributed by atoms with Crippen LogP contribution in [0.1, 0.15) is 19.8 Å². The Labute approximate surface area is 175 Å². The lowest BCUT2D eigenvalue weighted by Crippen LogP contribution is -2.37. The maximum Gasteiger partial charge on any atom is 0.326 e. The average Bonchev–Trinajstić information content (AvgIpc) is 3.15. The lowest BCUT2D eigenvalue weighted by atomic mass is 10.2. The summed E-state index contributed by atoms with van der Waals surface area (Å²) < 4.78 is 0. The van der Waals surface area contributed by atoms with Crippen LogP contribution in [0.5, 0.6) is 0 Å². The first-order valence-electron chi connectivity index (χ1n) is 9.69. The molecule has 2 atom stereocenters. The van der Waals surface area contributed by atoms with Crippen LogP contribution in [-0.2, 0) is 9.59 Å². The predicted octanol–water partition coefficient (Wildman–Crippen LogP) is 3.59. The van der Waals surface area contributed by atoms with Gasteiger partial charge in [-0.1, -0.05) is 36.0 Å². The number of hydrogen-bond donors (Lipinski definition) is 2. The van der Waals surface area contributed by atoms with Crippen LogP contribution in [0.3, 0.4) is 0 Å². The first-order chi connectivity index (χ1) is 13.9. The van der Waals surface area contributed by atoms with Crippen molar-refractivity contribution >= 4 is 35.0 Å². The van der Waals surface area contributed by atoms with E-state index in [1.165, 1.54) is 21.2 Å². The van der Waals surface area contributed by atoms with Gasteiger partial charge in [-0.15, -0.1) is 0 Å². The standard InChI is InChI=1S/C17H20N2S.C5H7NO3/c1-13(18(2)3)12-19-14-8-4-6-10-16(14)20-17-11-7-5-9-15(17)19;7-4-2-1-3(6-4)5(8)9/h4-11,13H,12H2,1-3H3;3H,1-2H2,(H,6,7)(H,8,9)/t;3-/m.0/s1. The molecule has 154 valence electrons. The second-order valence-electron chi connectivity index (χ2n) is 7.46. The number of nitrogens with one attached hydrogen (secondary N) is 1. The van der Waals surface area contributed by atoms with Crippen LogP contribution < -0.4 is 10.2 Å². The fourth-order valence-electron chi connectivity index (χ4n) is 3.20. The van der Waals surface area contributed by atoms with Gasteiger partial charge >= 0.3 is 5.97 Å². The number of carbonyl (C=O) groups is 2. The maximum absolute atomic E-state index is 10.4. The third kappa shape index (κ3) is 5.10. The monoisotopic (exact) mass is 413 g/mol. The van der Waals surface area contributed by atoms with Gasteiger partial charge in [-0.3, -0.25) is 4.79 Å². The summed E-state index contributed by atoms with van der Waals surface area (Å²) >= 11 is 1.87. The summed E-state index contributed by atoms with van der Waals surface area (Å²) in [6.45, 7) is 3.27. The number of carbonyl (C=O) groups excluding carboxylic acids is 1. The molecule has 1 unspecified atom stereocenters. The van der Waals surface area contributed by atoms with E-state index in [4.69, 9.17) is 5.11 Å². The van der Waals surface area contributed by atoms with E-state index < -0.39 is 12.0 Å². The minimum absolute atomic E-state index is 0.164. The number of carboxylic acid groups (broad SMARTS) is 1. The quantitative estimate of drug-likeness (QED) is 0.798. The van der Waals surface area contributed by atoms with Crippen molar-refractivity contribution in [3.63, 3.8) is 0 Å². The second-order valence-corrected chi connectivity index (χ2v) is 8.54. The molecule has 6 nitrogen and oxygen atoms in total. The number of amides is 1. The first-order valence-corrected chi connectivity index (χ1v) is 10.5. The molecule has 2 N–H and O–H groups in total. The number of aliphatic carboxylic acids is 1. The number of nitrogens with zero attached hydrogens (tertiary/aromatic N) is 2. The van der Waals surface area contributed by atoms with Gasteiger partial charge in [-0.2, -0.15) is 0 Å². The number of likely N-dealkylation sites (N-methyl/N-ethyl adjacent to an activating group) is 1. The van der Waals surface area contributed by atoms with Gasteiger partial charge in [0.25, 0.3) is 0 Å². The molecule has 7 heteroatoms. The lowest BCUT2D eigenvalue weighted by molar-refractivity contribution is -0.140. The van der Waals surface area contributed by atoms with Crippen molar-refractivity contribution in [2.24, 2.45) is 0 Å². The zero-order chi connectivity index (χ0) is 21.0. The van der Waals surface area contributed by atoms with E-state index >= 15 is 0 Å². The summed E-state index contributed by atoms with van der Waals surface area (Å²) in [6, 6.07) is 17.2. The smallest absolute Gasteiger partial charge is 0.326 e. The fourth-order valence-corrected chi connectivity index (χ4v) is 4.30. The van der Waals surface area contributed by atoms with Crippen LogP contribution in [0.15, 0.2) is 58.3 Å². The third-order valence-electron chi connectivity index (χ3n) is 5.15. The zero-order valence-corrected chi connectivity index (χ0v) is 17.8. The molecule has 29 heavy (non-hydrogen) atoms. The molecule has 1 amide bonds.